The summed E-state index contributed by atoms with van der Waals surface area (Å²) in [7, 11) is 0. The highest BCUT2D eigenvalue weighted by Gasteiger charge is 2.06. The molecule has 4 heteroatoms. The van der Waals surface area contributed by atoms with Gasteiger partial charge in [-0.2, -0.15) is 10.5 Å². The molecule has 0 aliphatic carbocycles. The fourth-order valence-electron chi connectivity index (χ4n) is 1.41. The lowest BCUT2D eigenvalue weighted by Gasteiger charge is -2.06. The summed E-state index contributed by atoms with van der Waals surface area (Å²) in [4.78, 5) is 0. The van der Waals surface area contributed by atoms with Gasteiger partial charge in [0.2, 0.25) is 0 Å². The molecule has 0 saturated heterocycles. The molecule has 3 nitrogen and oxygen atoms in total. The number of nitriles is 2. The summed E-state index contributed by atoms with van der Waals surface area (Å²) < 4.78 is 18.9. The monoisotopic (exact) mass is 238 g/mol. The minimum absolute atomic E-state index is 0.0177. The Labute approximate surface area is 103 Å². The zero-order valence-electron chi connectivity index (χ0n) is 9.22. The van der Waals surface area contributed by atoms with E-state index in [1.807, 2.05) is 12.1 Å². The van der Waals surface area contributed by atoms with Gasteiger partial charge in [-0.25, -0.2) is 4.39 Å². The Kier molecular flexibility index (Phi) is 3.22. The maximum absolute atomic E-state index is 13.6. The number of benzene rings is 2. The third-order valence-corrected chi connectivity index (χ3v) is 2.25. The van der Waals surface area contributed by atoms with Crippen molar-refractivity contribution in [1.29, 1.82) is 10.5 Å². The second-order valence-electron chi connectivity index (χ2n) is 3.50. The minimum Gasteiger partial charge on any atom is -0.454 e. The molecule has 0 amide bonds. The Morgan fingerprint density at radius 2 is 1.67 bits per heavy atom. The minimum atomic E-state index is -0.614. The van der Waals surface area contributed by atoms with E-state index in [0.29, 0.717) is 11.3 Å². The third-order valence-electron chi connectivity index (χ3n) is 2.25. The second-order valence-corrected chi connectivity index (χ2v) is 3.50. The van der Waals surface area contributed by atoms with Crippen LogP contribution in [-0.2, 0) is 0 Å². The Morgan fingerprint density at radius 1 is 0.944 bits per heavy atom. The normalized spacial score (nSPS) is 9.28. The number of rotatable bonds is 2. The van der Waals surface area contributed by atoms with Crippen LogP contribution in [0.1, 0.15) is 11.1 Å². The summed E-state index contributed by atoms with van der Waals surface area (Å²) in [6, 6.07) is 14.2. The van der Waals surface area contributed by atoms with Crippen molar-refractivity contribution in [1.82, 2.24) is 0 Å². The number of ether oxygens (including phenoxy) is 1. The van der Waals surface area contributed by atoms with E-state index in [9.17, 15) is 4.39 Å². The van der Waals surface area contributed by atoms with E-state index < -0.39 is 5.82 Å². The van der Waals surface area contributed by atoms with E-state index in [1.165, 1.54) is 18.2 Å². The molecule has 0 aliphatic heterocycles. The third kappa shape index (κ3) is 2.45. The molecule has 0 bridgehead atoms. The first-order valence-electron chi connectivity index (χ1n) is 5.10. The molecule has 86 valence electrons. The van der Waals surface area contributed by atoms with Gasteiger partial charge in [0.15, 0.2) is 11.6 Å². The number of halogens is 1. The average molecular weight is 238 g/mol. The van der Waals surface area contributed by atoms with E-state index in [-0.39, 0.29) is 11.3 Å². The number of nitrogens with zero attached hydrogens (tertiary/aromatic N) is 2. The van der Waals surface area contributed by atoms with Crippen molar-refractivity contribution in [3.05, 3.63) is 59.4 Å². The van der Waals surface area contributed by atoms with Crippen LogP contribution < -0.4 is 4.74 Å². The first kappa shape index (κ1) is 11.6. The van der Waals surface area contributed by atoms with Crippen LogP contribution >= 0.6 is 0 Å². The molecule has 0 heterocycles. The fraction of sp³-hybridized carbons (Fsp3) is 0. The molecule has 0 saturated carbocycles. The van der Waals surface area contributed by atoms with Gasteiger partial charge < -0.3 is 4.74 Å². The van der Waals surface area contributed by atoms with E-state index in [4.69, 9.17) is 15.3 Å². The molecule has 0 N–H and O–H groups in total. The van der Waals surface area contributed by atoms with Crippen molar-refractivity contribution in [3.63, 3.8) is 0 Å². The molecule has 0 atom stereocenters. The Morgan fingerprint density at radius 3 is 2.33 bits per heavy atom. The van der Waals surface area contributed by atoms with Gasteiger partial charge in [0, 0.05) is 0 Å². The van der Waals surface area contributed by atoms with Crippen LogP contribution in [0.3, 0.4) is 0 Å². The predicted molar refractivity (Wildman–Crippen MR) is 62.3 cm³/mol. The van der Waals surface area contributed by atoms with Gasteiger partial charge in [0.05, 0.1) is 23.3 Å². The molecular formula is C14H7FN2O. The van der Waals surface area contributed by atoms with Gasteiger partial charge in [-0.15, -0.1) is 0 Å². The van der Waals surface area contributed by atoms with Gasteiger partial charge in [-0.05, 0) is 36.4 Å². The lowest BCUT2D eigenvalue weighted by atomic mass is 10.2. The van der Waals surface area contributed by atoms with E-state index in [0.717, 1.165) is 6.07 Å². The Balaban J connectivity index is 2.29. The molecular weight excluding hydrogens is 231 g/mol. The summed E-state index contributed by atoms with van der Waals surface area (Å²) in [5.74, 6) is -0.224. The molecule has 2 aromatic carbocycles. The van der Waals surface area contributed by atoms with Crippen LogP contribution in [0.2, 0.25) is 0 Å². The van der Waals surface area contributed by atoms with Crippen molar-refractivity contribution in [3.8, 4) is 23.6 Å². The van der Waals surface area contributed by atoms with Gasteiger partial charge in [-0.3, -0.25) is 0 Å². The molecule has 2 rings (SSSR count). The van der Waals surface area contributed by atoms with Crippen LogP contribution in [0.25, 0.3) is 0 Å². The van der Waals surface area contributed by atoms with Gasteiger partial charge in [0.25, 0.3) is 0 Å². The highest BCUT2D eigenvalue weighted by molar-refractivity contribution is 5.41. The molecule has 0 aliphatic rings. The first-order valence-corrected chi connectivity index (χ1v) is 5.10. The Hall–Kier alpha value is -2.85. The molecule has 0 aromatic heterocycles. The van der Waals surface area contributed by atoms with E-state index >= 15 is 0 Å². The summed E-state index contributed by atoms with van der Waals surface area (Å²) in [5, 5.41) is 17.4. The van der Waals surface area contributed by atoms with Crippen LogP contribution in [0.5, 0.6) is 11.5 Å². The van der Waals surface area contributed by atoms with E-state index in [1.54, 1.807) is 18.2 Å². The smallest absolute Gasteiger partial charge is 0.167 e. The van der Waals surface area contributed by atoms with Gasteiger partial charge in [-0.1, -0.05) is 6.07 Å². The number of hydrogen-bond acceptors (Lipinski definition) is 3. The van der Waals surface area contributed by atoms with Crippen molar-refractivity contribution in [2.45, 2.75) is 0 Å². The van der Waals surface area contributed by atoms with Gasteiger partial charge in [0.1, 0.15) is 5.75 Å². The highest BCUT2D eigenvalue weighted by Crippen LogP contribution is 2.25. The standard InChI is InChI=1S/C14H7FN2O/c15-13-7-11(9-17)4-5-14(13)18-12-3-1-2-10(6-12)8-16/h1-7H. The van der Waals surface area contributed by atoms with E-state index in [2.05, 4.69) is 0 Å². The van der Waals surface area contributed by atoms with Crippen LogP contribution in [0.15, 0.2) is 42.5 Å². The molecule has 0 fully saturated rings. The molecule has 0 unspecified atom stereocenters. The summed E-state index contributed by atoms with van der Waals surface area (Å²) in [6.07, 6.45) is 0. The first-order chi connectivity index (χ1) is 8.72. The topological polar surface area (TPSA) is 56.8 Å². The summed E-state index contributed by atoms with van der Waals surface area (Å²) in [6.45, 7) is 0. The van der Waals surface area contributed by atoms with Crippen molar-refractivity contribution in [2.75, 3.05) is 0 Å². The lowest BCUT2D eigenvalue weighted by Crippen LogP contribution is -1.89. The quantitative estimate of drug-likeness (QED) is 0.805. The number of hydrogen-bond donors (Lipinski definition) is 0. The van der Waals surface area contributed by atoms with Crippen LogP contribution in [0, 0.1) is 28.5 Å². The van der Waals surface area contributed by atoms with Crippen molar-refractivity contribution >= 4 is 0 Å². The second kappa shape index (κ2) is 4.99. The maximum atomic E-state index is 13.6. The highest BCUT2D eigenvalue weighted by atomic mass is 19.1. The SMILES string of the molecule is N#Cc1cccc(Oc2ccc(C#N)cc2F)c1. The zero-order chi connectivity index (χ0) is 13.0. The van der Waals surface area contributed by atoms with Crippen molar-refractivity contribution < 1.29 is 9.13 Å². The van der Waals surface area contributed by atoms with Crippen molar-refractivity contribution in [2.24, 2.45) is 0 Å². The van der Waals surface area contributed by atoms with Crippen LogP contribution in [0.4, 0.5) is 4.39 Å². The lowest BCUT2D eigenvalue weighted by molar-refractivity contribution is 0.442. The predicted octanol–water partition coefficient (Wildman–Crippen LogP) is 3.36. The summed E-state index contributed by atoms with van der Waals surface area (Å²) in [5.41, 5.74) is 0.659. The molecule has 0 radical (unpaired) electrons. The largest absolute Gasteiger partial charge is 0.454 e. The summed E-state index contributed by atoms with van der Waals surface area (Å²) >= 11 is 0. The molecule has 0 spiro atoms. The van der Waals surface area contributed by atoms with Crippen LogP contribution in [-0.4, -0.2) is 0 Å². The average Bonchev–Trinajstić information content (AvgIpc) is 2.41. The maximum Gasteiger partial charge on any atom is 0.167 e. The zero-order valence-corrected chi connectivity index (χ0v) is 9.22. The van der Waals surface area contributed by atoms with Gasteiger partial charge >= 0.3 is 0 Å². The Bertz CT molecular complexity index is 668. The molecule has 2 aromatic rings. The fourth-order valence-corrected chi connectivity index (χ4v) is 1.41. The molecule has 18 heavy (non-hydrogen) atoms.